The number of likely N-dealkylation sites (tertiary alicyclic amines) is 2. The number of carbonyl (C=O) groups is 3. The summed E-state index contributed by atoms with van der Waals surface area (Å²) in [5.41, 5.74) is 4.07. The minimum absolute atomic E-state index is 0.0249. The normalized spacial score (nSPS) is 20.8. The van der Waals surface area contributed by atoms with Gasteiger partial charge in [-0.1, -0.05) is 51.1 Å². The fraction of sp³-hybridized carbons (Fsp3) is 0.406. The molecule has 3 aliphatic rings. The lowest BCUT2D eigenvalue weighted by atomic mass is 9.76. The van der Waals surface area contributed by atoms with E-state index in [4.69, 9.17) is 4.74 Å². The molecule has 7 nitrogen and oxygen atoms in total. The molecule has 0 spiro atoms. The maximum atomic E-state index is 13.9. The lowest BCUT2D eigenvalue weighted by molar-refractivity contribution is -0.143. The van der Waals surface area contributed by atoms with Gasteiger partial charge >= 0.3 is 0 Å². The van der Waals surface area contributed by atoms with E-state index in [-0.39, 0.29) is 41.5 Å². The molecule has 0 radical (unpaired) electrons. The number of benzene rings is 2. The van der Waals surface area contributed by atoms with E-state index < -0.39 is 5.92 Å². The molecule has 202 valence electrons. The first-order chi connectivity index (χ1) is 18.6. The molecule has 2 aromatic carbocycles. The number of hydrogen-bond donors (Lipinski definition) is 1. The van der Waals surface area contributed by atoms with Crippen molar-refractivity contribution < 1.29 is 19.1 Å². The zero-order valence-corrected chi connectivity index (χ0v) is 23.0. The van der Waals surface area contributed by atoms with Gasteiger partial charge in [-0.25, -0.2) is 0 Å². The van der Waals surface area contributed by atoms with E-state index >= 15 is 0 Å². The van der Waals surface area contributed by atoms with Crippen molar-refractivity contribution in [2.24, 2.45) is 11.3 Å². The summed E-state index contributed by atoms with van der Waals surface area (Å²) < 4.78 is 5.45. The first-order valence-electron chi connectivity index (χ1n) is 13.7. The number of Topliss-reactive ketones (excluding diaryl/α,β-unsaturated/α-hetero) is 1. The Hall–Kier alpha value is -3.87. The lowest BCUT2D eigenvalue weighted by Crippen LogP contribution is -2.53. The second-order valence-electron chi connectivity index (χ2n) is 12.2. The van der Waals surface area contributed by atoms with Crippen LogP contribution in [-0.2, 0) is 16.0 Å². The highest BCUT2D eigenvalue weighted by Crippen LogP contribution is 2.39. The van der Waals surface area contributed by atoms with Gasteiger partial charge in [0.2, 0.25) is 5.91 Å². The van der Waals surface area contributed by atoms with E-state index in [2.05, 4.69) is 11.1 Å². The first-order valence-corrected chi connectivity index (χ1v) is 13.7. The zero-order chi connectivity index (χ0) is 27.5. The van der Waals surface area contributed by atoms with Crippen molar-refractivity contribution in [3.63, 3.8) is 0 Å². The molecule has 2 fully saturated rings. The molecule has 2 aliphatic heterocycles. The van der Waals surface area contributed by atoms with Crippen LogP contribution >= 0.6 is 0 Å². The summed E-state index contributed by atoms with van der Waals surface area (Å²) in [5, 5.41) is 0.877. The molecule has 3 atom stereocenters. The summed E-state index contributed by atoms with van der Waals surface area (Å²) in [6.07, 6.45) is 3.58. The van der Waals surface area contributed by atoms with Crippen LogP contribution in [0.25, 0.3) is 17.0 Å². The maximum absolute atomic E-state index is 13.9. The number of rotatable bonds is 6. The van der Waals surface area contributed by atoms with Gasteiger partial charge in [0.05, 0.1) is 25.1 Å². The van der Waals surface area contributed by atoms with Crippen LogP contribution in [0.3, 0.4) is 0 Å². The second kappa shape index (κ2) is 9.40. The van der Waals surface area contributed by atoms with Crippen molar-refractivity contribution in [2.45, 2.75) is 52.1 Å². The van der Waals surface area contributed by atoms with E-state index in [0.29, 0.717) is 25.2 Å². The molecule has 3 heterocycles. The van der Waals surface area contributed by atoms with E-state index in [9.17, 15) is 14.4 Å². The number of methoxy groups -OCH3 is 1. The van der Waals surface area contributed by atoms with E-state index in [1.54, 1.807) is 7.11 Å². The Morgan fingerprint density at radius 2 is 1.77 bits per heavy atom. The SMILES string of the molecule is COc1cccc2[nH]c(C(=O)N3C[C@@H]4C[C@H]3CN4C(=O)[C@@H](CC(=O)C3=Cc4ccccc4C3)C(C)(C)C)cc12. The number of amides is 2. The summed E-state index contributed by atoms with van der Waals surface area (Å²) in [6, 6.07) is 15.6. The van der Waals surface area contributed by atoms with Gasteiger partial charge in [-0.3, -0.25) is 14.4 Å². The monoisotopic (exact) mass is 525 g/mol. The van der Waals surface area contributed by atoms with Crippen LogP contribution in [-0.4, -0.2) is 64.7 Å². The number of carbonyl (C=O) groups excluding carboxylic acids is 3. The average molecular weight is 526 g/mol. The molecule has 7 heteroatoms. The third kappa shape index (κ3) is 4.44. The number of allylic oxidation sites excluding steroid dienone is 1. The Morgan fingerprint density at radius 1 is 1.03 bits per heavy atom. The number of ketones is 1. The Kier molecular flexibility index (Phi) is 6.12. The molecule has 1 aromatic heterocycles. The Labute approximate surface area is 228 Å². The average Bonchev–Trinajstić information content (AvgIpc) is 3.71. The van der Waals surface area contributed by atoms with Crippen molar-refractivity contribution in [1.29, 1.82) is 0 Å². The van der Waals surface area contributed by atoms with E-state index in [1.165, 1.54) is 0 Å². The Balaban J connectivity index is 1.15. The third-order valence-electron chi connectivity index (χ3n) is 8.72. The summed E-state index contributed by atoms with van der Waals surface area (Å²) in [7, 11) is 1.62. The quantitative estimate of drug-likeness (QED) is 0.498. The second-order valence-corrected chi connectivity index (χ2v) is 12.2. The van der Waals surface area contributed by atoms with Crippen LogP contribution in [0.15, 0.2) is 54.1 Å². The molecule has 3 aromatic rings. The van der Waals surface area contributed by atoms with Gasteiger partial charge in [0.1, 0.15) is 11.4 Å². The third-order valence-corrected chi connectivity index (χ3v) is 8.72. The summed E-state index contributed by atoms with van der Waals surface area (Å²) in [4.78, 5) is 47.8. The summed E-state index contributed by atoms with van der Waals surface area (Å²) in [6.45, 7) is 7.12. The highest BCUT2D eigenvalue weighted by molar-refractivity contribution is 6.04. The Bertz CT molecular complexity index is 1510. The van der Waals surface area contributed by atoms with Gasteiger partial charge in [0, 0.05) is 42.4 Å². The number of piperazine rings is 1. The number of nitrogens with zero attached hydrogens (tertiary/aromatic N) is 2. The number of H-pyrrole nitrogens is 1. The summed E-state index contributed by atoms with van der Waals surface area (Å²) >= 11 is 0. The van der Waals surface area contributed by atoms with Gasteiger partial charge in [0.25, 0.3) is 5.91 Å². The van der Waals surface area contributed by atoms with Gasteiger partial charge in [-0.15, -0.1) is 0 Å². The number of fused-ring (bicyclic) bond motifs is 4. The molecule has 1 aliphatic carbocycles. The first kappa shape index (κ1) is 25.4. The number of ether oxygens (including phenoxy) is 1. The lowest BCUT2D eigenvalue weighted by Gasteiger charge is -2.39. The van der Waals surface area contributed by atoms with Gasteiger partial charge in [0.15, 0.2) is 5.78 Å². The highest BCUT2D eigenvalue weighted by atomic mass is 16.5. The van der Waals surface area contributed by atoms with Crippen molar-refractivity contribution in [3.05, 3.63) is 70.9 Å². The minimum Gasteiger partial charge on any atom is -0.496 e. The smallest absolute Gasteiger partial charge is 0.270 e. The van der Waals surface area contributed by atoms with Crippen molar-refractivity contribution in [1.82, 2.24) is 14.8 Å². The van der Waals surface area contributed by atoms with Crippen molar-refractivity contribution >= 4 is 34.6 Å². The van der Waals surface area contributed by atoms with Crippen molar-refractivity contribution in [2.75, 3.05) is 20.2 Å². The molecule has 2 saturated heterocycles. The molecule has 6 rings (SSSR count). The van der Waals surface area contributed by atoms with E-state index in [0.717, 1.165) is 39.8 Å². The highest BCUT2D eigenvalue weighted by Gasteiger charge is 2.50. The molecule has 2 bridgehead atoms. The van der Waals surface area contributed by atoms with Crippen molar-refractivity contribution in [3.8, 4) is 5.75 Å². The molecule has 0 saturated carbocycles. The predicted octanol–water partition coefficient (Wildman–Crippen LogP) is 4.86. The van der Waals surface area contributed by atoms with Crippen LogP contribution in [0.4, 0.5) is 0 Å². The van der Waals surface area contributed by atoms with Crippen LogP contribution in [0.5, 0.6) is 5.75 Å². The molecular weight excluding hydrogens is 490 g/mol. The van der Waals surface area contributed by atoms with Gasteiger partial charge in [-0.05, 0) is 47.2 Å². The fourth-order valence-electron chi connectivity index (χ4n) is 6.50. The minimum atomic E-state index is -0.417. The molecule has 0 unspecified atom stereocenters. The standard InChI is InChI=1S/C32H35N3O4/c1-32(2,3)25(16-28(36)21-12-19-8-5-6-9-20(19)13-21)30(37)34-17-23-14-22(34)18-35(23)31(38)27-15-24-26(33-27)10-7-11-29(24)39-4/h5-12,15,22-23,25,33H,13-14,16-18H2,1-4H3/t22-,23-,25+/m0/s1. The van der Waals surface area contributed by atoms with Gasteiger partial charge < -0.3 is 19.5 Å². The van der Waals surface area contributed by atoms with Crippen LogP contribution in [0.2, 0.25) is 0 Å². The van der Waals surface area contributed by atoms with E-state index in [1.807, 2.05) is 79.1 Å². The largest absolute Gasteiger partial charge is 0.496 e. The number of nitrogens with one attached hydrogen (secondary N) is 1. The molecule has 39 heavy (non-hydrogen) atoms. The van der Waals surface area contributed by atoms with Crippen LogP contribution in [0.1, 0.15) is 55.2 Å². The Morgan fingerprint density at radius 3 is 2.46 bits per heavy atom. The maximum Gasteiger partial charge on any atom is 0.270 e. The number of aromatic amines is 1. The fourth-order valence-corrected chi connectivity index (χ4v) is 6.50. The number of aromatic nitrogens is 1. The van der Waals surface area contributed by atoms with Gasteiger partial charge in [-0.2, -0.15) is 0 Å². The van der Waals surface area contributed by atoms with Crippen LogP contribution in [0, 0.1) is 11.3 Å². The molecule has 1 N–H and O–H groups in total. The topological polar surface area (TPSA) is 82.7 Å². The molecular formula is C32H35N3O4. The number of hydrogen-bond acceptors (Lipinski definition) is 4. The zero-order valence-electron chi connectivity index (χ0n) is 23.0. The predicted molar refractivity (Wildman–Crippen MR) is 150 cm³/mol. The summed E-state index contributed by atoms with van der Waals surface area (Å²) in [5.74, 6) is 0.335. The molecule has 2 amide bonds. The van der Waals surface area contributed by atoms with Crippen LogP contribution < -0.4 is 4.74 Å².